The number of rotatable bonds is 2. The average molecular weight is 214 g/mol. The lowest BCUT2D eigenvalue weighted by Crippen LogP contribution is -2.57. The Morgan fingerprint density at radius 2 is 2.00 bits per heavy atom. The molecule has 88 valence electrons. The highest BCUT2D eigenvalue weighted by Crippen LogP contribution is 2.26. The summed E-state index contributed by atoms with van der Waals surface area (Å²) in [5.74, 6) is 0.564. The van der Waals surface area contributed by atoms with E-state index in [9.17, 15) is 4.79 Å². The van der Waals surface area contributed by atoms with Crippen LogP contribution < -0.4 is 5.43 Å². The molecule has 2 atom stereocenters. The fraction of sp³-hybridized carbons (Fsp3) is 0.909. The third-order valence-corrected chi connectivity index (χ3v) is 3.02. The predicted molar refractivity (Wildman–Crippen MR) is 59.6 cm³/mol. The van der Waals surface area contributed by atoms with Crippen LogP contribution in [0.3, 0.4) is 0 Å². The monoisotopic (exact) mass is 214 g/mol. The smallest absolute Gasteiger partial charge is 0.422 e. The molecule has 1 aliphatic rings. The normalized spacial score (nSPS) is 26.7. The van der Waals surface area contributed by atoms with E-state index in [1.54, 1.807) is 0 Å². The molecule has 0 aliphatic heterocycles. The predicted octanol–water partition coefficient (Wildman–Crippen LogP) is 2.46. The maximum absolute atomic E-state index is 11.1. The maximum Gasteiger partial charge on any atom is 0.422 e. The molecular formula is C11H22N2O2. The molecule has 0 spiro atoms. The highest BCUT2D eigenvalue weighted by atomic mass is 16.4. The molecule has 1 amide bonds. The van der Waals surface area contributed by atoms with Crippen molar-refractivity contribution in [3.63, 3.8) is 0 Å². The van der Waals surface area contributed by atoms with E-state index >= 15 is 0 Å². The standard InChI is InChI=1S/C11H22N2O2/c1-8-6-5-7-9(8)12-13(10(14)15)11(2,3)4/h8-9,12H,5-7H2,1-4H3,(H,14,15)/t8?,9-/m1/s1. The first-order chi connectivity index (χ1) is 6.82. The van der Waals surface area contributed by atoms with Gasteiger partial charge in [0.15, 0.2) is 0 Å². The van der Waals surface area contributed by atoms with Crippen LogP contribution in [-0.4, -0.2) is 27.8 Å². The molecule has 0 bridgehead atoms. The van der Waals surface area contributed by atoms with Crippen LogP contribution >= 0.6 is 0 Å². The number of nitrogens with one attached hydrogen (secondary N) is 1. The lowest BCUT2D eigenvalue weighted by Gasteiger charge is -2.36. The Kier molecular flexibility index (Phi) is 3.60. The van der Waals surface area contributed by atoms with Crippen LogP contribution in [0, 0.1) is 5.92 Å². The van der Waals surface area contributed by atoms with Crippen molar-refractivity contribution in [2.24, 2.45) is 5.92 Å². The molecule has 1 aliphatic carbocycles. The summed E-state index contributed by atoms with van der Waals surface area (Å²) in [6.45, 7) is 7.86. The molecule has 0 aromatic heterocycles. The minimum absolute atomic E-state index is 0.306. The van der Waals surface area contributed by atoms with Gasteiger partial charge in [0.25, 0.3) is 0 Å². The Hall–Kier alpha value is -0.770. The lowest BCUT2D eigenvalue weighted by molar-refractivity contribution is 0.0471. The van der Waals surface area contributed by atoms with Crippen LogP contribution in [0.2, 0.25) is 0 Å². The minimum atomic E-state index is -0.901. The van der Waals surface area contributed by atoms with Gasteiger partial charge in [-0.1, -0.05) is 13.3 Å². The number of hydrogen-bond acceptors (Lipinski definition) is 2. The van der Waals surface area contributed by atoms with Crippen molar-refractivity contribution in [3.8, 4) is 0 Å². The first kappa shape index (κ1) is 12.3. The Morgan fingerprint density at radius 1 is 1.40 bits per heavy atom. The molecule has 4 heteroatoms. The minimum Gasteiger partial charge on any atom is -0.464 e. The number of hydrazine groups is 1. The summed E-state index contributed by atoms with van der Waals surface area (Å²) < 4.78 is 0. The Labute approximate surface area is 91.6 Å². The third-order valence-electron chi connectivity index (χ3n) is 3.02. The lowest BCUT2D eigenvalue weighted by atomic mass is 10.1. The van der Waals surface area contributed by atoms with Crippen LogP contribution in [0.1, 0.15) is 47.0 Å². The zero-order valence-corrected chi connectivity index (χ0v) is 10.1. The molecule has 1 saturated carbocycles. The topological polar surface area (TPSA) is 52.6 Å². The van der Waals surface area contributed by atoms with Crippen molar-refractivity contribution < 1.29 is 9.90 Å². The fourth-order valence-corrected chi connectivity index (χ4v) is 2.04. The summed E-state index contributed by atoms with van der Waals surface area (Å²) in [6.07, 6.45) is 2.55. The van der Waals surface area contributed by atoms with Gasteiger partial charge in [-0.25, -0.2) is 15.2 Å². The summed E-state index contributed by atoms with van der Waals surface area (Å²) in [7, 11) is 0. The SMILES string of the molecule is CC1CCC[C@H]1NN(C(=O)O)C(C)(C)C. The Bertz CT molecular complexity index is 235. The first-order valence-corrected chi connectivity index (χ1v) is 5.61. The van der Waals surface area contributed by atoms with Gasteiger partial charge in [-0.15, -0.1) is 0 Å². The third kappa shape index (κ3) is 3.09. The Balaban J connectivity index is 2.63. The number of hydrogen-bond donors (Lipinski definition) is 2. The van der Waals surface area contributed by atoms with Crippen LogP contribution in [-0.2, 0) is 0 Å². The van der Waals surface area contributed by atoms with E-state index in [4.69, 9.17) is 5.11 Å². The summed E-state index contributed by atoms with van der Waals surface area (Å²) >= 11 is 0. The second-order valence-electron chi connectivity index (χ2n) is 5.43. The largest absolute Gasteiger partial charge is 0.464 e. The van der Waals surface area contributed by atoms with Crippen molar-refractivity contribution in [2.75, 3.05) is 0 Å². The maximum atomic E-state index is 11.1. The fourth-order valence-electron chi connectivity index (χ4n) is 2.04. The molecule has 0 radical (unpaired) electrons. The van der Waals surface area contributed by atoms with Gasteiger partial charge in [-0.2, -0.15) is 0 Å². The average Bonchev–Trinajstić information content (AvgIpc) is 2.44. The quantitative estimate of drug-likeness (QED) is 0.694. The van der Waals surface area contributed by atoms with Crippen molar-refractivity contribution >= 4 is 6.09 Å². The summed E-state index contributed by atoms with van der Waals surface area (Å²) in [5.41, 5.74) is 2.74. The zero-order valence-electron chi connectivity index (χ0n) is 10.1. The van der Waals surface area contributed by atoms with E-state index in [1.807, 2.05) is 20.8 Å². The van der Waals surface area contributed by atoms with E-state index in [0.29, 0.717) is 12.0 Å². The zero-order chi connectivity index (χ0) is 11.6. The van der Waals surface area contributed by atoms with E-state index in [0.717, 1.165) is 6.42 Å². The molecular weight excluding hydrogens is 192 g/mol. The van der Waals surface area contributed by atoms with Crippen molar-refractivity contribution in [1.82, 2.24) is 10.4 Å². The van der Waals surface area contributed by atoms with Crippen molar-refractivity contribution in [3.05, 3.63) is 0 Å². The molecule has 2 N–H and O–H groups in total. The summed E-state index contributed by atoms with van der Waals surface area (Å²) in [5, 5.41) is 10.5. The number of amides is 1. The van der Waals surface area contributed by atoms with Gasteiger partial charge < -0.3 is 5.11 Å². The van der Waals surface area contributed by atoms with E-state index < -0.39 is 11.6 Å². The first-order valence-electron chi connectivity index (χ1n) is 5.61. The second-order valence-corrected chi connectivity index (χ2v) is 5.43. The highest BCUT2D eigenvalue weighted by Gasteiger charge is 2.32. The summed E-state index contributed by atoms with van der Waals surface area (Å²) in [6, 6.07) is 0.306. The van der Waals surface area contributed by atoms with E-state index in [-0.39, 0.29) is 0 Å². The molecule has 0 saturated heterocycles. The molecule has 0 aromatic carbocycles. The van der Waals surface area contributed by atoms with Gasteiger partial charge in [0.1, 0.15) is 0 Å². The molecule has 1 fully saturated rings. The molecule has 1 rings (SSSR count). The molecule has 1 unspecified atom stereocenters. The van der Waals surface area contributed by atoms with Crippen molar-refractivity contribution in [2.45, 2.75) is 58.5 Å². The number of carboxylic acid groups (broad SMARTS) is 1. The van der Waals surface area contributed by atoms with E-state index in [2.05, 4.69) is 12.3 Å². The van der Waals surface area contributed by atoms with Crippen LogP contribution in [0.15, 0.2) is 0 Å². The van der Waals surface area contributed by atoms with Gasteiger partial charge >= 0.3 is 6.09 Å². The number of carbonyl (C=O) groups is 1. The van der Waals surface area contributed by atoms with Crippen LogP contribution in [0.5, 0.6) is 0 Å². The molecule has 0 heterocycles. The van der Waals surface area contributed by atoms with Crippen molar-refractivity contribution in [1.29, 1.82) is 0 Å². The van der Waals surface area contributed by atoms with Gasteiger partial charge in [-0.3, -0.25) is 0 Å². The summed E-state index contributed by atoms with van der Waals surface area (Å²) in [4.78, 5) is 11.1. The van der Waals surface area contributed by atoms with Gasteiger partial charge in [-0.05, 0) is 39.5 Å². The van der Waals surface area contributed by atoms with Gasteiger partial charge in [0.2, 0.25) is 0 Å². The number of nitrogens with zero attached hydrogens (tertiary/aromatic N) is 1. The van der Waals surface area contributed by atoms with E-state index in [1.165, 1.54) is 17.9 Å². The molecule has 0 aromatic rings. The molecule has 15 heavy (non-hydrogen) atoms. The van der Waals surface area contributed by atoms with Gasteiger partial charge in [0, 0.05) is 6.04 Å². The van der Waals surface area contributed by atoms with Gasteiger partial charge in [0.05, 0.1) is 5.54 Å². The van der Waals surface area contributed by atoms with Crippen LogP contribution in [0.25, 0.3) is 0 Å². The van der Waals surface area contributed by atoms with Crippen LogP contribution in [0.4, 0.5) is 4.79 Å². The second kappa shape index (κ2) is 4.39. The molecule has 4 nitrogen and oxygen atoms in total. The Morgan fingerprint density at radius 3 is 2.33 bits per heavy atom. The highest BCUT2D eigenvalue weighted by molar-refractivity contribution is 5.65.